The topological polar surface area (TPSA) is 57.5 Å². The highest BCUT2D eigenvalue weighted by atomic mass is 35.5. The SMILES string of the molecule is Cc1[nH]c2ncn(-c3ccccc3Cl)c(=N)c2c1C. The number of nitrogens with zero attached hydrogens (tertiary/aromatic N) is 2. The molecule has 1 aromatic carbocycles. The number of nitrogens with one attached hydrogen (secondary N) is 2. The third-order valence-electron chi connectivity index (χ3n) is 3.37. The summed E-state index contributed by atoms with van der Waals surface area (Å²) >= 11 is 6.19. The fourth-order valence-electron chi connectivity index (χ4n) is 2.21. The van der Waals surface area contributed by atoms with Crippen molar-refractivity contribution in [1.29, 1.82) is 5.41 Å². The molecule has 2 aromatic heterocycles. The fourth-order valence-corrected chi connectivity index (χ4v) is 2.44. The summed E-state index contributed by atoms with van der Waals surface area (Å²) in [6.07, 6.45) is 1.63. The van der Waals surface area contributed by atoms with Gasteiger partial charge < -0.3 is 4.98 Å². The van der Waals surface area contributed by atoms with Crippen LogP contribution >= 0.6 is 11.6 Å². The van der Waals surface area contributed by atoms with E-state index in [-0.39, 0.29) is 0 Å². The zero-order valence-electron chi connectivity index (χ0n) is 10.7. The van der Waals surface area contributed by atoms with Crippen molar-refractivity contribution in [2.24, 2.45) is 0 Å². The third kappa shape index (κ3) is 1.76. The normalized spacial score (nSPS) is 11.1. The number of fused-ring (bicyclic) bond motifs is 1. The van der Waals surface area contributed by atoms with Crippen LogP contribution in [-0.2, 0) is 0 Å². The minimum absolute atomic E-state index is 0.389. The molecule has 0 unspecified atom stereocenters. The summed E-state index contributed by atoms with van der Waals surface area (Å²) in [5, 5.41) is 9.81. The molecule has 0 saturated carbocycles. The zero-order valence-corrected chi connectivity index (χ0v) is 11.4. The van der Waals surface area contributed by atoms with E-state index in [1.807, 2.05) is 38.1 Å². The number of hydrogen-bond donors (Lipinski definition) is 2. The van der Waals surface area contributed by atoms with Crippen LogP contribution in [0.3, 0.4) is 0 Å². The van der Waals surface area contributed by atoms with Crippen LogP contribution in [0.1, 0.15) is 11.3 Å². The van der Waals surface area contributed by atoms with Gasteiger partial charge in [-0.05, 0) is 31.5 Å². The Morgan fingerprint density at radius 3 is 2.74 bits per heavy atom. The maximum absolute atomic E-state index is 8.37. The number of rotatable bonds is 1. The van der Waals surface area contributed by atoms with Crippen LogP contribution in [-0.4, -0.2) is 14.5 Å². The van der Waals surface area contributed by atoms with Crippen molar-refractivity contribution in [2.75, 3.05) is 0 Å². The van der Waals surface area contributed by atoms with Crippen LogP contribution in [0.5, 0.6) is 0 Å². The van der Waals surface area contributed by atoms with E-state index in [9.17, 15) is 0 Å². The summed E-state index contributed by atoms with van der Waals surface area (Å²) in [6, 6.07) is 7.45. The number of hydrogen-bond acceptors (Lipinski definition) is 2. The van der Waals surface area contributed by atoms with Gasteiger partial charge in [-0.15, -0.1) is 0 Å². The first-order valence-electron chi connectivity index (χ1n) is 5.95. The predicted octanol–water partition coefficient (Wildman–Crippen LogP) is 3.10. The minimum atomic E-state index is 0.389. The molecule has 3 rings (SSSR count). The van der Waals surface area contributed by atoms with E-state index in [0.717, 1.165) is 28.0 Å². The lowest BCUT2D eigenvalue weighted by molar-refractivity contribution is 0.908. The minimum Gasteiger partial charge on any atom is -0.343 e. The van der Waals surface area contributed by atoms with Gasteiger partial charge >= 0.3 is 0 Å². The van der Waals surface area contributed by atoms with Gasteiger partial charge in [-0.2, -0.15) is 0 Å². The molecule has 0 fully saturated rings. The van der Waals surface area contributed by atoms with Gasteiger partial charge in [-0.25, -0.2) is 4.98 Å². The molecule has 0 aliphatic heterocycles. The molecular formula is C14H13ClN4. The van der Waals surface area contributed by atoms with E-state index in [4.69, 9.17) is 17.0 Å². The Kier molecular flexibility index (Phi) is 2.68. The van der Waals surface area contributed by atoms with Crippen LogP contribution < -0.4 is 5.49 Å². The van der Waals surface area contributed by atoms with E-state index < -0.39 is 0 Å². The highest BCUT2D eigenvalue weighted by Gasteiger charge is 2.11. The third-order valence-corrected chi connectivity index (χ3v) is 3.69. The van der Waals surface area contributed by atoms with Crippen molar-refractivity contribution in [1.82, 2.24) is 14.5 Å². The molecule has 2 heterocycles. The van der Waals surface area contributed by atoms with Crippen LogP contribution in [0.2, 0.25) is 5.02 Å². The summed E-state index contributed by atoms with van der Waals surface area (Å²) in [5.74, 6) is 0. The molecule has 0 spiro atoms. The van der Waals surface area contributed by atoms with E-state index >= 15 is 0 Å². The zero-order chi connectivity index (χ0) is 13.6. The number of halogens is 1. The lowest BCUT2D eigenvalue weighted by Crippen LogP contribution is -2.19. The second-order valence-corrected chi connectivity index (χ2v) is 4.92. The van der Waals surface area contributed by atoms with Crippen molar-refractivity contribution >= 4 is 22.6 Å². The van der Waals surface area contributed by atoms with Crippen LogP contribution in [0, 0.1) is 19.3 Å². The van der Waals surface area contributed by atoms with Crippen LogP contribution in [0.4, 0.5) is 0 Å². The Bertz CT molecular complexity index is 829. The van der Waals surface area contributed by atoms with Gasteiger partial charge in [0.15, 0.2) is 0 Å². The second kappa shape index (κ2) is 4.24. The molecule has 0 aliphatic rings. The Balaban J connectivity index is 2.39. The number of aryl methyl sites for hydroxylation is 2. The fraction of sp³-hybridized carbons (Fsp3) is 0.143. The quantitative estimate of drug-likeness (QED) is 0.703. The number of aromatic amines is 1. The Hall–Kier alpha value is -2.07. The van der Waals surface area contributed by atoms with Crippen molar-refractivity contribution in [3.63, 3.8) is 0 Å². The van der Waals surface area contributed by atoms with Gasteiger partial charge in [0, 0.05) is 5.69 Å². The van der Waals surface area contributed by atoms with Crippen LogP contribution in [0.25, 0.3) is 16.7 Å². The van der Waals surface area contributed by atoms with Crippen LogP contribution in [0.15, 0.2) is 30.6 Å². The van der Waals surface area contributed by atoms with Gasteiger partial charge in [0.2, 0.25) is 0 Å². The summed E-state index contributed by atoms with van der Waals surface area (Å²) < 4.78 is 1.70. The van der Waals surface area contributed by atoms with Gasteiger partial charge in [0.25, 0.3) is 0 Å². The van der Waals surface area contributed by atoms with Crippen molar-refractivity contribution in [3.05, 3.63) is 52.4 Å². The molecule has 0 bridgehead atoms. The van der Waals surface area contributed by atoms with Gasteiger partial charge in [0.05, 0.1) is 16.1 Å². The molecule has 0 amide bonds. The molecule has 2 N–H and O–H groups in total. The van der Waals surface area contributed by atoms with Crippen molar-refractivity contribution in [2.45, 2.75) is 13.8 Å². The largest absolute Gasteiger partial charge is 0.343 e. The molecule has 0 radical (unpaired) electrons. The molecule has 0 aliphatic carbocycles. The summed E-state index contributed by atoms with van der Waals surface area (Å²) in [7, 11) is 0. The van der Waals surface area contributed by atoms with E-state index in [2.05, 4.69) is 9.97 Å². The maximum atomic E-state index is 8.37. The lowest BCUT2D eigenvalue weighted by Gasteiger charge is -2.08. The first kappa shape index (κ1) is 12.0. The lowest BCUT2D eigenvalue weighted by atomic mass is 10.2. The summed E-state index contributed by atoms with van der Waals surface area (Å²) in [6.45, 7) is 3.97. The highest BCUT2D eigenvalue weighted by Crippen LogP contribution is 2.20. The average Bonchev–Trinajstić information content (AvgIpc) is 2.68. The summed E-state index contributed by atoms with van der Waals surface area (Å²) in [4.78, 5) is 7.55. The standard InChI is InChI=1S/C14H13ClN4/c1-8-9(2)18-14-12(8)13(16)19(7-17-14)11-6-4-3-5-10(11)15/h3-7,16,18H,1-2H3. The van der Waals surface area contributed by atoms with Crippen molar-refractivity contribution < 1.29 is 0 Å². The molecule has 0 saturated heterocycles. The molecular weight excluding hydrogens is 260 g/mol. The van der Waals surface area contributed by atoms with Gasteiger partial charge in [-0.3, -0.25) is 9.98 Å². The molecule has 3 aromatic rings. The van der Waals surface area contributed by atoms with E-state index in [1.54, 1.807) is 10.9 Å². The molecule has 96 valence electrons. The molecule has 0 atom stereocenters. The van der Waals surface area contributed by atoms with E-state index in [1.165, 1.54) is 0 Å². The maximum Gasteiger partial charge on any atom is 0.143 e. The Labute approximate surface area is 115 Å². The molecule has 19 heavy (non-hydrogen) atoms. The Morgan fingerprint density at radius 1 is 1.26 bits per heavy atom. The predicted molar refractivity (Wildman–Crippen MR) is 75.8 cm³/mol. The first-order valence-corrected chi connectivity index (χ1v) is 6.33. The summed E-state index contributed by atoms with van der Waals surface area (Å²) in [5.41, 5.74) is 3.98. The number of H-pyrrole nitrogens is 1. The van der Waals surface area contributed by atoms with Gasteiger partial charge in [-0.1, -0.05) is 23.7 Å². The average molecular weight is 273 g/mol. The number of aromatic nitrogens is 3. The monoisotopic (exact) mass is 272 g/mol. The number of benzene rings is 1. The van der Waals surface area contributed by atoms with E-state index in [0.29, 0.717) is 10.5 Å². The highest BCUT2D eigenvalue weighted by molar-refractivity contribution is 6.32. The number of para-hydroxylation sites is 1. The molecule has 4 nitrogen and oxygen atoms in total. The van der Waals surface area contributed by atoms with Crippen molar-refractivity contribution in [3.8, 4) is 5.69 Å². The first-order chi connectivity index (χ1) is 9.09. The smallest absolute Gasteiger partial charge is 0.143 e. The molecule has 5 heteroatoms. The second-order valence-electron chi connectivity index (χ2n) is 4.51. The Morgan fingerprint density at radius 2 is 2.00 bits per heavy atom. The van der Waals surface area contributed by atoms with Gasteiger partial charge in [0.1, 0.15) is 17.5 Å².